The summed E-state index contributed by atoms with van der Waals surface area (Å²) in [6.07, 6.45) is 0.542. The number of hydrogen-bond acceptors (Lipinski definition) is 3. The van der Waals surface area contributed by atoms with Crippen LogP contribution in [-0.4, -0.2) is 43.3 Å². The molecule has 1 amide bonds. The van der Waals surface area contributed by atoms with Gasteiger partial charge in [-0.2, -0.15) is 0 Å². The van der Waals surface area contributed by atoms with Crippen molar-refractivity contribution in [2.75, 3.05) is 18.1 Å². The highest BCUT2D eigenvalue weighted by Crippen LogP contribution is 2.26. The van der Waals surface area contributed by atoms with Crippen molar-refractivity contribution in [3.05, 3.63) is 34.9 Å². The molecule has 0 saturated carbocycles. The van der Waals surface area contributed by atoms with E-state index in [0.717, 1.165) is 11.1 Å². The summed E-state index contributed by atoms with van der Waals surface area (Å²) in [5.74, 6) is 0.214. The highest BCUT2D eigenvalue weighted by Gasteiger charge is 2.34. The molecule has 1 atom stereocenters. The van der Waals surface area contributed by atoms with E-state index < -0.39 is 9.84 Å². The molecule has 0 aromatic heterocycles. The van der Waals surface area contributed by atoms with Gasteiger partial charge in [0.05, 0.1) is 11.5 Å². The van der Waals surface area contributed by atoms with Crippen LogP contribution in [-0.2, 0) is 15.3 Å². The fourth-order valence-electron chi connectivity index (χ4n) is 3.06. The Balaban J connectivity index is 2.35. The average molecular weight is 337 g/mol. The maximum atomic E-state index is 13.0. The molecule has 2 rings (SSSR count). The summed E-state index contributed by atoms with van der Waals surface area (Å²) >= 11 is 0. The third-order valence-corrected chi connectivity index (χ3v) is 6.34. The van der Waals surface area contributed by atoms with Gasteiger partial charge in [0, 0.05) is 18.2 Å². The van der Waals surface area contributed by atoms with E-state index in [2.05, 4.69) is 26.8 Å². The molecule has 1 fully saturated rings. The number of aryl methyl sites for hydroxylation is 1. The lowest BCUT2D eigenvalue weighted by Crippen LogP contribution is -2.41. The standard InChI is InChI=1S/C18H27NO3S/c1-6-19(15-9-10-23(21,22)12-15)17(20)16-11-14(18(3,4)5)8-7-13(16)2/h7-8,11,15H,6,9-10,12H2,1-5H3. The monoisotopic (exact) mass is 337 g/mol. The molecule has 23 heavy (non-hydrogen) atoms. The fraction of sp³-hybridized carbons (Fsp3) is 0.611. The normalized spacial score (nSPS) is 20.5. The van der Waals surface area contributed by atoms with E-state index in [9.17, 15) is 13.2 Å². The lowest BCUT2D eigenvalue weighted by Gasteiger charge is -2.28. The van der Waals surface area contributed by atoms with Crippen molar-refractivity contribution >= 4 is 15.7 Å². The van der Waals surface area contributed by atoms with Crippen molar-refractivity contribution in [1.82, 2.24) is 4.90 Å². The van der Waals surface area contributed by atoms with Crippen LogP contribution in [0, 0.1) is 6.92 Å². The van der Waals surface area contributed by atoms with Gasteiger partial charge in [-0.25, -0.2) is 8.42 Å². The van der Waals surface area contributed by atoms with Gasteiger partial charge in [-0.3, -0.25) is 4.79 Å². The van der Waals surface area contributed by atoms with Crippen LogP contribution in [0.4, 0.5) is 0 Å². The Hall–Kier alpha value is -1.36. The molecule has 1 saturated heterocycles. The van der Waals surface area contributed by atoms with Gasteiger partial charge >= 0.3 is 0 Å². The minimum atomic E-state index is -3.00. The summed E-state index contributed by atoms with van der Waals surface area (Å²) < 4.78 is 23.5. The number of sulfone groups is 1. The molecule has 1 aromatic rings. The van der Waals surface area contributed by atoms with Crippen LogP contribution >= 0.6 is 0 Å². The summed E-state index contributed by atoms with van der Waals surface area (Å²) in [6.45, 7) is 10.7. The second-order valence-corrected chi connectivity index (χ2v) is 9.66. The Labute approximate surface area is 139 Å². The van der Waals surface area contributed by atoms with E-state index in [4.69, 9.17) is 0 Å². The van der Waals surface area contributed by atoms with Gasteiger partial charge in [-0.15, -0.1) is 0 Å². The topological polar surface area (TPSA) is 54.5 Å². The average Bonchev–Trinajstić information content (AvgIpc) is 2.78. The Morgan fingerprint density at radius 2 is 1.96 bits per heavy atom. The van der Waals surface area contributed by atoms with Crippen LogP contribution in [0.2, 0.25) is 0 Å². The SMILES string of the molecule is CCN(C(=O)c1cc(C(C)(C)C)ccc1C)C1CCS(=O)(=O)C1. The maximum absolute atomic E-state index is 13.0. The first-order valence-corrected chi connectivity index (χ1v) is 10.00. The van der Waals surface area contributed by atoms with Gasteiger partial charge < -0.3 is 4.90 Å². The van der Waals surface area contributed by atoms with Crippen molar-refractivity contribution in [2.24, 2.45) is 0 Å². The Morgan fingerprint density at radius 3 is 2.43 bits per heavy atom. The lowest BCUT2D eigenvalue weighted by molar-refractivity contribution is 0.0707. The second kappa shape index (κ2) is 6.27. The smallest absolute Gasteiger partial charge is 0.254 e. The third-order valence-electron chi connectivity index (χ3n) is 4.58. The third kappa shape index (κ3) is 3.94. The molecule has 0 bridgehead atoms. The van der Waals surface area contributed by atoms with Crippen molar-refractivity contribution in [3.8, 4) is 0 Å². The van der Waals surface area contributed by atoms with Gasteiger partial charge in [0.1, 0.15) is 0 Å². The highest BCUT2D eigenvalue weighted by atomic mass is 32.2. The molecule has 1 aliphatic heterocycles. The van der Waals surface area contributed by atoms with Gasteiger partial charge in [-0.05, 0) is 42.9 Å². The number of hydrogen-bond donors (Lipinski definition) is 0. The molecule has 0 aliphatic carbocycles. The minimum absolute atomic E-state index is 0.0313. The molecule has 5 heteroatoms. The van der Waals surface area contributed by atoms with Gasteiger partial charge in [0.15, 0.2) is 9.84 Å². The van der Waals surface area contributed by atoms with Crippen LogP contribution in [0.5, 0.6) is 0 Å². The Bertz CT molecular complexity index is 701. The summed E-state index contributed by atoms with van der Waals surface area (Å²) in [5.41, 5.74) is 2.70. The number of carbonyl (C=O) groups excluding carboxylic acids is 1. The first-order chi connectivity index (χ1) is 10.5. The first-order valence-electron chi connectivity index (χ1n) is 8.17. The summed E-state index contributed by atoms with van der Waals surface area (Å²) in [7, 11) is -3.00. The van der Waals surface area contributed by atoms with Crippen LogP contribution in [0.15, 0.2) is 18.2 Å². The van der Waals surface area contributed by atoms with Gasteiger partial charge in [-0.1, -0.05) is 32.9 Å². The predicted octanol–water partition coefficient (Wildman–Crippen LogP) is 2.94. The van der Waals surface area contributed by atoms with Crippen LogP contribution in [0.25, 0.3) is 0 Å². The molecule has 1 aliphatic rings. The quantitative estimate of drug-likeness (QED) is 0.852. The number of benzene rings is 1. The first kappa shape index (κ1) is 18.0. The molecule has 1 unspecified atom stereocenters. The fourth-order valence-corrected chi connectivity index (χ4v) is 4.79. The summed E-state index contributed by atoms with van der Waals surface area (Å²) in [5, 5.41) is 0. The number of rotatable bonds is 3. The van der Waals surface area contributed by atoms with Crippen molar-refractivity contribution < 1.29 is 13.2 Å². The zero-order valence-electron chi connectivity index (χ0n) is 14.7. The maximum Gasteiger partial charge on any atom is 0.254 e. The molecule has 0 N–H and O–H groups in total. The largest absolute Gasteiger partial charge is 0.335 e. The number of amides is 1. The zero-order valence-corrected chi connectivity index (χ0v) is 15.5. The Kier molecular flexibility index (Phi) is 4.90. The molecule has 0 spiro atoms. The van der Waals surface area contributed by atoms with Crippen LogP contribution < -0.4 is 0 Å². The van der Waals surface area contributed by atoms with Crippen LogP contribution in [0.1, 0.15) is 55.6 Å². The number of carbonyl (C=O) groups is 1. The molecular weight excluding hydrogens is 310 g/mol. The molecule has 4 nitrogen and oxygen atoms in total. The molecule has 1 heterocycles. The van der Waals surface area contributed by atoms with E-state index in [1.165, 1.54) is 0 Å². The van der Waals surface area contributed by atoms with Crippen molar-refractivity contribution in [1.29, 1.82) is 0 Å². The van der Waals surface area contributed by atoms with E-state index in [1.807, 2.05) is 26.0 Å². The molecule has 128 valence electrons. The van der Waals surface area contributed by atoms with E-state index in [-0.39, 0.29) is 28.9 Å². The van der Waals surface area contributed by atoms with Crippen LogP contribution in [0.3, 0.4) is 0 Å². The molecule has 1 aromatic carbocycles. The zero-order chi connectivity index (χ0) is 17.4. The predicted molar refractivity (Wildman–Crippen MR) is 93.6 cm³/mol. The van der Waals surface area contributed by atoms with Crippen molar-refractivity contribution in [3.63, 3.8) is 0 Å². The summed E-state index contributed by atoms with van der Waals surface area (Å²) in [6, 6.07) is 5.80. The van der Waals surface area contributed by atoms with E-state index in [0.29, 0.717) is 18.5 Å². The van der Waals surface area contributed by atoms with Crippen molar-refractivity contribution in [2.45, 2.75) is 52.5 Å². The number of nitrogens with zero attached hydrogens (tertiary/aromatic N) is 1. The van der Waals surface area contributed by atoms with E-state index in [1.54, 1.807) is 4.90 Å². The lowest BCUT2D eigenvalue weighted by atomic mass is 9.85. The Morgan fingerprint density at radius 1 is 1.30 bits per heavy atom. The second-order valence-electron chi connectivity index (χ2n) is 7.43. The van der Waals surface area contributed by atoms with E-state index >= 15 is 0 Å². The molecular formula is C18H27NO3S. The summed E-state index contributed by atoms with van der Waals surface area (Å²) in [4.78, 5) is 14.7. The minimum Gasteiger partial charge on any atom is -0.335 e. The van der Waals surface area contributed by atoms with Gasteiger partial charge in [0.2, 0.25) is 0 Å². The highest BCUT2D eigenvalue weighted by molar-refractivity contribution is 7.91. The van der Waals surface area contributed by atoms with Gasteiger partial charge in [0.25, 0.3) is 5.91 Å². The molecule has 0 radical (unpaired) electrons.